The summed E-state index contributed by atoms with van der Waals surface area (Å²) in [6.45, 7) is 8.95. The van der Waals surface area contributed by atoms with E-state index in [4.69, 9.17) is 10.5 Å². The lowest BCUT2D eigenvalue weighted by atomic mass is 9.93. The van der Waals surface area contributed by atoms with Crippen LogP contribution in [0.1, 0.15) is 27.2 Å². The van der Waals surface area contributed by atoms with E-state index in [-0.39, 0.29) is 0 Å². The maximum absolute atomic E-state index is 6.05. The van der Waals surface area contributed by atoms with Crippen LogP contribution < -0.4 is 15.4 Å². The average Bonchev–Trinajstić information content (AvgIpc) is 2.62. The first-order valence-electron chi connectivity index (χ1n) is 6.02. The number of aromatic nitrogens is 2. The van der Waals surface area contributed by atoms with Gasteiger partial charge in [-0.3, -0.25) is 0 Å². The van der Waals surface area contributed by atoms with Gasteiger partial charge in [0.25, 0.3) is 0 Å². The van der Waals surface area contributed by atoms with E-state index in [9.17, 15) is 0 Å². The third-order valence-corrected chi connectivity index (χ3v) is 3.08. The summed E-state index contributed by atoms with van der Waals surface area (Å²) < 4.78 is 5.39. The molecular weight excluding hydrogens is 216 g/mol. The number of ether oxygens (including phenoxy) is 1. The van der Waals surface area contributed by atoms with Gasteiger partial charge in [-0.15, -0.1) is 0 Å². The number of nitrogens with two attached hydrogens (primary N) is 1. The molecule has 2 rings (SSSR count). The Balaban J connectivity index is 2.24. The maximum Gasteiger partial charge on any atom is 0.242 e. The van der Waals surface area contributed by atoms with E-state index in [1.54, 1.807) is 0 Å². The Morgan fingerprint density at radius 3 is 2.82 bits per heavy atom. The van der Waals surface area contributed by atoms with E-state index in [0.29, 0.717) is 23.6 Å². The summed E-state index contributed by atoms with van der Waals surface area (Å²) in [5.41, 5.74) is 6.92. The molecular formula is C12H20N4O. The molecule has 1 aromatic heterocycles. The normalized spacial score (nSPS) is 18.4. The molecule has 0 aromatic carbocycles. The molecule has 0 aliphatic carbocycles. The van der Waals surface area contributed by atoms with E-state index in [2.05, 4.69) is 28.7 Å². The highest BCUT2D eigenvalue weighted by Gasteiger charge is 2.31. The van der Waals surface area contributed by atoms with Gasteiger partial charge < -0.3 is 15.4 Å². The van der Waals surface area contributed by atoms with Gasteiger partial charge in [-0.25, -0.2) is 4.98 Å². The van der Waals surface area contributed by atoms with Crippen LogP contribution in [0.3, 0.4) is 0 Å². The van der Waals surface area contributed by atoms with Crippen LogP contribution in [0.4, 0.5) is 11.5 Å². The van der Waals surface area contributed by atoms with E-state index in [1.165, 1.54) is 6.33 Å². The topological polar surface area (TPSA) is 64.3 Å². The molecule has 0 bridgehead atoms. The Labute approximate surface area is 102 Å². The van der Waals surface area contributed by atoms with Crippen molar-refractivity contribution in [1.82, 2.24) is 9.97 Å². The summed E-state index contributed by atoms with van der Waals surface area (Å²) in [7, 11) is 0. The second-order valence-electron chi connectivity index (χ2n) is 5.18. The first-order chi connectivity index (χ1) is 8.03. The molecule has 94 valence electrons. The molecule has 0 saturated carbocycles. The van der Waals surface area contributed by atoms with Crippen molar-refractivity contribution >= 4 is 11.5 Å². The molecule has 17 heavy (non-hydrogen) atoms. The van der Waals surface area contributed by atoms with Gasteiger partial charge in [0.15, 0.2) is 5.82 Å². The third-order valence-electron chi connectivity index (χ3n) is 3.08. The van der Waals surface area contributed by atoms with Crippen LogP contribution in [0.15, 0.2) is 6.33 Å². The molecule has 0 unspecified atom stereocenters. The molecule has 1 aliphatic rings. The maximum atomic E-state index is 6.05. The molecule has 1 aliphatic heterocycles. The molecule has 5 nitrogen and oxygen atoms in total. The molecule has 2 N–H and O–H groups in total. The minimum atomic E-state index is 0.323. The fourth-order valence-corrected chi connectivity index (χ4v) is 2.17. The highest BCUT2D eigenvalue weighted by molar-refractivity contribution is 5.68. The Bertz CT molecular complexity index is 405. The van der Waals surface area contributed by atoms with Gasteiger partial charge in [-0.2, -0.15) is 4.98 Å². The number of nitrogen functional groups attached to an aromatic ring is 1. The first-order valence-corrected chi connectivity index (χ1v) is 6.02. The number of anilines is 2. The van der Waals surface area contributed by atoms with Crippen LogP contribution in [0.2, 0.25) is 0 Å². The van der Waals surface area contributed by atoms with Crippen LogP contribution in [0.25, 0.3) is 0 Å². The van der Waals surface area contributed by atoms with Crippen molar-refractivity contribution in [3.05, 3.63) is 6.33 Å². The fourth-order valence-electron chi connectivity index (χ4n) is 2.17. The van der Waals surface area contributed by atoms with Crippen molar-refractivity contribution in [2.24, 2.45) is 5.41 Å². The van der Waals surface area contributed by atoms with E-state index in [0.717, 1.165) is 25.3 Å². The molecule has 2 heterocycles. The van der Waals surface area contributed by atoms with Crippen LogP contribution in [-0.2, 0) is 0 Å². The van der Waals surface area contributed by atoms with E-state index in [1.807, 2.05) is 6.92 Å². The zero-order valence-corrected chi connectivity index (χ0v) is 10.7. The van der Waals surface area contributed by atoms with Gasteiger partial charge in [0.1, 0.15) is 12.0 Å². The quantitative estimate of drug-likeness (QED) is 0.865. The summed E-state index contributed by atoms with van der Waals surface area (Å²) in [4.78, 5) is 10.5. The SMILES string of the molecule is CCOc1ncnc(N2CCC(C)(C)C2)c1N. The predicted octanol–water partition coefficient (Wildman–Crippen LogP) is 1.69. The fraction of sp³-hybridized carbons (Fsp3) is 0.667. The van der Waals surface area contributed by atoms with Crippen LogP contribution >= 0.6 is 0 Å². The monoisotopic (exact) mass is 236 g/mol. The van der Waals surface area contributed by atoms with Gasteiger partial charge in [-0.1, -0.05) is 13.8 Å². The molecule has 1 aromatic rings. The standard InChI is InChI=1S/C12H20N4O/c1-4-17-11-9(13)10(14-8-15-11)16-6-5-12(2,3)7-16/h8H,4-7,13H2,1-3H3. The van der Waals surface area contributed by atoms with Crippen molar-refractivity contribution in [3.63, 3.8) is 0 Å². The molecule has 1 saturated heterocycles. The molecule has 0 spiro atoms. The number of hydrogen-bond acceptors (Lipinski definition) is 5. The first kappa shape index (κ1) is 12.0. The molecule has 5 heteroatoms. The number of nitrogens with zero attached hydrogens (tertiary/aromatic N) is 3. The molecule has 0 radical (unpaired) electrons. The lowest BCUT2D eigenvalue weighted by Crippen LogP contribution is -2.25. The van der Waals surface area contributed by atoms with Gasteiger partial charge in [0.2, 0.25) is 5.88 Å². The Kier molecular flexibility index (Phi) is 3.09. The van der Waals surface area contributed by atoms with Crippen molar-refractivity contribution in [2.75, 3.05) is 30.3 Å². The van der Waals surface area contributed by atoms with E-state index >= 15 is 0 Å². The summed E-state index contributed by atoms with van der Waals surface area (Å²) in [5, 5.41) is 0. The second-order valence-corrected chi connectivity index (χ2v) is 5.18. The summed E-state index contributed by atoms with van der Waals surface area (Å²) >= 11 is 0. The Morgan fingerprint density at radius 2 is 2.24 bits per heavy atom. The minimum absolute atomic E-state index is 0.323. The summed E-state index contributed by atoms with van der Waals surface area (Å²) in [6, 6.07) is 0. The lowest BCUT2D eigenvalue weighted by molar-refractivity contribution is 0.328. The largest absolute Gasteiger partial charge is 0.476 e. The lowest BCUT2D eigenvalue weighted by Gasteiger charge is -2.22. The van der Waals surface area contributed by atoms with Crippen LogP contribution in [-0.4, -0.2) is 29.7 Å². The van der Waals surface area contributed by atoms with Crippen LogP contribution in [0.5, 0.6) is 5.88 Å². The smallest absolute Gasteiger partial charge is 0.242 e. The minimum Gasteiger partial charge on any atom is -0.476 e. The van der Waals surface area contributed by atoms with Gasteiger partial charge in [0, 0.05) is 13.1 Å². The van der Waals surface area contributed by atoms with Crippen molar-refractivity contribution in [2.45, 2.75) is 27.2 Å². The van der Waals surface area contributed by atoms with Crippen molar-refractivity contribution in [3.8, 4) is 5.88 Å². The Morgan fingerprint density at radius 1 is 1.47 bits per heavy atom. The number of hydrogen-bond donors (Lipinski definition) is 1. The predicted molar refractivity (Wildman–Crippen MR) is 68.2 cm³/mol. The second kappa shape index (κ2) is 4.39. The summed E-state index contributed by atoms with van der Waals surface area (Å²) in [6.07, 6.45) is 2.67. The zero-order chi connectivity index (χ0) is 12.5. The number of rotatable bonds is 3. The van der Waals surface area contributed by atoms with Crippen LogP contribution in [0, 0.1) is 5.41 Å². The Hall–Kier alpha value is -1.52. The highest BCUT2D eigenvalue weighted by Crippen LogP contribution is 2.35. The third kappa shape index (κ3) is 2.43. The van der Waals surface area contributed by atoms with Crippen molar-refractivity contribution < 1.29 is 4.74 Å². The van der Waals surface area contributed by atoms with E-state index < -0.39 is 0 Å². The summed E-state index contributed by atoms with van der Waals surface area (Å²) in [5.74, 6) is 1.29. The zero-order valence-electron chi connectivity index (χ0n) is 10.7. The highest BCUT2D eigenvalue weighted by atomic mass is 16.5. The van der Waals surface area contributed by atoms with Gasteiger partial charge in [-0.05, 0) is 18.8 Å². The van der Waals surface area contributed by atoms with Gasteiger partial charge in [0.05, 0.1) is 6.61 Å². The molecule has 1 fully saturated rings. The molecule has 0 atom stereocenters. The average molecular weight is 236 g/mol. The van der Waals surface area contributed by atoms with Gasteiger partial charge >= 0.3 is 0 Å². The molecule has 0 amide bonds. The van der Waals surface area contributed by atoms with Crippen molar-refractivity contribution in [1.29, 1.82) is 0 Å².